The third kappa shape index (κ3) is 5.07. The predicted molar refractivity (Wildman–Crippen MR) is 121 cm³/mol. The third-order valence-electron chi connectivity index (χ3n) is 4.99. The first-order chi connectivity index (χ1) is 15.7. The Morgan fingerprint density at radius 2 is 1.85 bits per heavy atom. The minimum atomic E-state index is -3.83. The SMILES string of the molecule is CC(=O)Nc1ccc(S(=O)(=O)N2CCC[C@@H]2c2nnc(C(=O)Nc3cccc(F)c3)s2)cc1. The highest BCUT2D eigenvalue weighted by Gasteiger charge is 2.38. The van der Waals surface area contributed by atoms with Crippen LogP contribution in [0.4, 0.5) is 15.8 Å². The smallest absolute Gasteiger partial charge is 0.286 e. The van der Waals surface area contributed by atoms with Gasteiger partial charge in [-0.25, -0.2) is 12.8 Å². The lowest BCUT2D eigenvalue weighted by atomic mass is 10.2. The molecular weight excluding hydrogens is 469 g/mol. The Labute approximate surface area is 193 Å². The van der Waals surface area contributed by atoms with Gasteiger partial charge in [0, 0.05) is 24.8 Å². The lowest BCUT2D eigenvalue weighted by molar-refractivity contribution is -0.114. The molecule has 1 aromatic heterocycles. The molecule has 0 aliphatic carbocycles. The number of amides is 2. The second-order valence-corrected chi connectivity index (χ2v) is 10.3. The van der Waals surface area contributed by atoms with Gasteiger partial charge in [0.2, 0.25) is 20.9 Å². The monoisotopic (exact) mass is 489 g/mol. The van der Waals surface area contributed by atoms with Crippen LogP contribution in [-0.2, 0) is 14.8 Å². The van der Waals surface area contributed by atoms with Gasteiger partial charge in [0.25, 0.3) is 5.91 Å². The molecule has 172 valence electrons. The fraction of sp³-hybridized carbons (Fsp3) is 0.238. The number of anilines is 2. The van der Waals surface area contributed by atoms with E-state index in [-0.39, 0.29) is 21.5 Å². The Balaban J connectivity index is 1.52. The molecule has 2 N–H and O–H groups in total. The first-order valence-electron chi connectivity index (χ1n) is 10.0. The van der Waals surface area contributed by atoms with Gasteiger partial charge in [0.1, 0.15) is 10.8 Å². The maximum absolute atomic E-state index is 13.3. The van der Waals surface area contributed by atoms with Crippen LogP contribution in [-0.4, -0.2) is 41.3 Å². The average Bonchev–Trinajstić information content (AvgIpc) is 3.44. The summed E-state index contributed by atoms with van der Waals surface area (Å²) in [6.07, 6.45) is 1.18. The van der Waals surface area contributed by atoms with Gasteiger partial charge in [0.15, 0.2) is 0 Å². The standard InChI is InChI=1S/C21H20FN5O4S2/c1-13(28)23-15-7-9-17(10-8-15)33(30,31)27-11-3-6-18(27)20-25-26-21(32-20)19(29)24-16-5-2-4-14(22)12-16/h2,4-5,7-10,12,18H,3,6,11H2,1H3,(H,23,28)(H,24,29)/t18-/m1/s1. The van der Waals surface area contributed by atoms with Crippen molar-refractivity contribution in [3.63, 3.8) is 0 Å². The lowest BCUT2D eigenvalue weighted by Crippen LogP contribution is -2.30. The molecule has 0 unspecified atom stereocenters. The van der Waals surface area contributed by atoms with Gasteiger partial charge in [-0.15, -0.1) is 10.2 Å². The van der Waals surface area contributed by atoms with E-state index in [9.17, 15) is 22.4 Å². The van der Waals surface area contributed by atoms with Crippen LogP contribution in [0.1, 0.15) is 40.6 Å². The molecule has 9 nitrogen and oxygen atoms in total. The van der Waals surface area contributed by atoms with Crippen molar-refractivity contribution in [3.8, 4) is 0 Å². The molecule has 1 aliphatic rings. The molecule has 1 saturated heterocycles. The van der Waals surface area contributed by atoms with Crippen LogP contribution < -0.4 is 10.6 Å². The summed E-state index contributed by atoms with van der Waals surface area (Å²) in [6, 6.07) is 10.9. The molecule has 4 rings (SSSR count). The highest BCUT2D eigenvalue weighted by molar-refractivity contribution is 7.89. The second-order valence-electron chi connectivity index (χ2n) is 7.39. The Bertz CT molecular complexity index is 1290. The molecule has 0 radical (unpaired) electrons. The van der Waals surface area contributed by atoms with Crippen molar-refractivity contribution in [1.29, 1.82) is 0 Å². The largest absolute Gasteiger partial charge is 0.326 e. The number of carbonyl (C=O) groups is 2. The summed E-state index contributed by atoms with van der Waals surface area (Å²) in [5.41, 5.74) is 0.780. The van der Waals surface area contributed by atoms with Crippen molar-refractivity contribution in [1.82, 2.24) is 14.5 Å². The second kappa shape index (κ2) is 9.33. The Kier molecular flexibility index (Phi) is 6.49. The van der Waals surface area contributed by atoms with Crippen molar-refractivity contribution in [2.24, 2.45) is 0 Å². The van der Waals surface area contributed by atoms with E-state index in [1.165, 1.54) is 53.7 Å². The van der Waals surface area contributed by atoms with E-state index in [4.69, 9.17) is 0 Å². The number of nitrogens with zero attached hydrogens (tertiary/aromatic N) is 3. The van der Waals surface area contributed by atoms with Crippen LogP contribution in [0.2, 0.25) is 0 Å². The van der Waals surface area contributed by atoms with Crippen LogP contribution in [0, 0.1) is 5.82 Å². The maximum atomic E-state index is 13.3. The zero-order valence-electron chi connectivity index (χ0n) is 17.5. The minimum Gasteiger partial charge on any atom is -0.326 e. The number of benzene rings is 2. The van der Waals surface area contributed by atoms with Crippen molar-refractivity contribution in [2.45, 2.75) is 30.7 Å². The molecule has 2 heterocycles. The van der Waals surface area contributed by atoms with Crippen molar-refractivity contribution in [3.05, 3.63) is 64.4 Å². The summed E-state index contributed by atoms with van der Waals surface area (Å²) in [4.78, 5) is 23.7. The Morgan fingerprint density at radius 1 is 1.09 bits per heavy atom. The number of sulfonamides is 1. The van der Waals surface area contributed by atoms with Crippen LogP contribution >= 0.6 is 11.3 Å². The zero-order chi connectivity index (χ0) is 23.6. The highest BCUT2D eigenvalue weighted by Crippen LogP contribution is 2.38. The number of aromatic nitrogens is 2. The van der Waals surface area contributed by atoms with E-state index in [1.807, 2.05) is 0 Å². The molecule has 3 aromatic rings. The molecule has 0 bridgehead atoms. The summed E-state index contributed by atoms with van der Waals surface area (Å²) in [6.45, 7) is 1.68. The molecule has 2 aromatic carbocycles. The van der Waals surface area contributed by atoms with Gasteiger partial charge < -0.3 is 10.6 Å². The van der Waals surface area contributed by atoms with E-state index >= 15 is 0 Å². The van der Waals surface area contributed by atoms with Gasteiger partial charge in [-0.3, -0.25) is 9.59 Å². The Morgan fingerprint density at radius 3 is 2.55 bits per heavy atom. The van der Waals surface area contributed by atoms with Crippen molar-refractivity contribution >= 4 is 44.5 Å². The van der Waals surface area contributed by atoms with E-state index in [0.717, 1.165) is 11.3 Å². The summed E-state index contributed by atoms with van der Waals surface area (Å²) >= 11 is 1.00. The van der Waals surface area contributed by atoms with Crippen LogP contribution in [0.15, 0.2) is 53.4 Å². The van der Waals surface area contributed by atoms with Crippen LogP contribution in [0.5, 0.6) is 0 Å². The van der Waals surface area contributed by atoms with E-state index in [0.29, 0.717) is 30.1 Å². The normalized spacial score (nSPS) is 16.5. The molecule has 33 heavy (non-hydrogen) atoms. The summed E-state index contributed by atoms with van der Waals surface area (Å²) in [5, 5.41) is 13.6. The minimum absolute atomic E-state index is 0.0539. The predicted octanol–water partition coefficient (Wildman–Crippen LogP) is 3.41. The van der Waals surface area contributed by atoms with Gasteiger partial charge >= 0.3 is 0 Å². The molecule has 1 atom stereocenters. The number of halogens is 1. The average molecular weight is 490 g/mol. The van der Waals surface area contributed by atoms with Gasteiger partial charge in [0.05, 0.1) is 10.9 Å². The maximum Gasteiger partial charge on any atom is 0.286 e. The summed E-state index contributed by atoms with van der Waals surface area (Å²) in [7, 11) is -3.83. The van der Waals surface area contributed by atoms with E-state index < -0.39 is 27.8 Å². The first-order valence-corrected chi connectivity index (χ1v) is 12.3. The molecule has 2 amide bonds. The number of rotatable bonds is 6. The fourth-order valence-corrected chi connectivity index (χ4v) is 6.15. The number of hydrogen-bond donors (Lipinski definition) is 2. The number of carbonyl (C=O) groups excluding carboxylic acids is 2. The lowest BCUT2D eigenvalue weighted by Gasteiger charge is -2.22. The number of nitrogens with one attached hydrogen (secondary N) is 2. The molecule has 0 spiro atoms. The summed E-state index contributed by atoms with van der Waals surface area (Å²) < 4.78 is 41.2. The van der Waals surface area contributed by atoms with Crippen LogP contribution in [0.3, 0.4) is 0 Å². The topological polar surface area (TPSA) is 121 Å². The van der Waals surface area contributed by atoms with Crippen molar-refractivity contribution in [2.75, 3.05) is 17.2 Å². The molecule has 1 fully saturated rings. The van der Waals surface area contributed by atoms with E-state index in [2.05, 4.69) is 20.8 Å². The first kappa shape index (κ1) is 23.0. The molecular formula is C21H20FN5O4S2. The highest BCUT2D eigenvalue weighted by atomic mass is 32.2. The van der Waals surface area contributed by atoms with E-state index in [1.54, 1.807) is 6.07 Å². The third-order valence-corrected chi connectivity index (χ3v) is 7.93. The van der Waals surface area contributed by atoms with Gasteiger partial charge in [-0.2, -0.15) is 4.31 Å². The molecule has 0 saturated carbocycles. The quantitative estimate of drug-likeness (QED) is 0.547. The zero-order valence-corrected chi connectivity index (χ0v) is 19.1. The summed E-state index contributed by atoms with van der Waals surface area (Å²) in [5.74, 6) is -1.29. The van der Waals surface area contributed by atoms with Gasteiger partial charge in [-0.1, -0.05) is 17.4 Å². The van der Waals surface area contributed by atoms with Crippen LogP contribution in [0.25, 0.3) is 0 Å². The Hall–Kier alpha value is -3.22. The fourth-order valence-electron chi connectivity index (χ4n) is 3.54. The van der Waals surface area contributed by atoms with Crippen molar-refractivity contribution < 1.29 is 22.4 Å². The molecule has 1 aliphatic heterocycles. The van der Waals surface area contributed by atoms with Gasteiger partial charge in [-0.05, 0) is 55.3 Å². The number of hydrogen-bond acceptors (Lipinski definition) is 7. The molecule has 12 heteroatoms.